The minimum atomic E-state index is -0.833. The first-order valence-electron chi connectivity index (χ1n) is 3.71. The Kier molecular flexibility index (Phi) is 41.8. The van der Waals surface area contributed by atoms with E-state index in [9.17, 15) is 0 Å². The van der Waals surface area contributed by atoms with Crippen LogP contribution in [0.25, 0.3) is 0 Å². The summed E-state index contributed by atoms with van der Waals surface area (Å²) in [6.07, 6.45) is 0. The fourth-order valence-corrected chi connectivity index (χ4v) is 0. The monoisotopic (exact) mass is 288 g/mol. The number of aliphatic carboxylic acids is 4. The van der Waals surface area contributed by atoms with Gasteiger partial charge in [-0.3, -0.25) is 19.2 Å². The second kappa shape index (κ2) is 24.0. The van der Waals surface area contributed by atoms with Crippen molar-refractivity contribution in [3.63, 3.8) is 0 Å². The summed E-state index contributed by atoms with van der Waals surface area (Å²) in [5, 5.41) is 29.7. The van der Waals surface area contributed by atoms with Gasteiger partial charge in [-0.2, -0.15) is 0 Å². The summed E-state index contributed by atoms with van der Waals surface area (Å²) in [5.41, 5.74) is 0. The van der Waals surface area contributed by atoms with Gasteiger partial charge >= 0.3 is 0 Å². The van der Waals surface area contributed by atoms with Crippen LogP contribution in [0.3, 0.4) is 0 Å². The molecule has 17 heavy (non-hydrogen) atoms. The van der Waals surface area contributed by atoms with E-state index in [2.05, 4.69) is 0 Å². The fraction of sp³-hybridized carbons (Fsp3) is 0.500. The third-order valence-corrected chi connectivity index (χ3v) is 0. The molecule has 0 aromatic heterocycles. The molecule has 0 unspecified atom stereocenters. The van der Waals surface area contributed by atoms with Crippen LogP contribution in [0.1, 0.15) is 27.7 Å². The molecule has 100 valence electrons. The molecule has 4 N–H and O–H groups in total. The molecule has 0 amide bonds. The van der Waals surface area contributed by atoms with Crippen LogP contribution in [0.5, 0.6) is 0 Å². The van der Waals surface area contributed by atoms with Crippen molar-refractivity contribution < 1.29 is 61.3 Å². The molecule has 0 aromatic rings. The van der Waals surface area contributed by atoms with Crippen LogP contribution in [-0.4, -0.2) is 44.3 Å². The Morgan fingerprint density at radius 2 is 0.529 bits per heavy atom. The first kappa shape index (κ1) is 29.6. The normalized spacial score (nSPS) is 5.88. The summed E-state index contributed by atoms with van der Waals surface area (Å²) in [4.78, 5) is 36.0. The molecular formula is C8H16O8Ti. The number of carboxylic acids is 4. The predicted octanol–water partition coefficient (Wildman–Crippen LogP) is 0.361. The third kappa shape index (κ3) is 1170. The Hall–Kier alpha value is -1.41. The van der Waals surface area contributed by atoms with Gasteiger partial charge < -0.3 is 20.4 Å². The fourth-order valence-electron chi connectivity index (χ4n) is 0. The molecule has 9 heteroatoms. The van der Waals surface area contributed by atoms with E-state index < -0.39 is 23.9 Å². The molecule has 0 heterocycles. The topological polar surface area (TPSA) is 149 Å². The van der Waals surface area contributed by atoms with Crippen LogP contribution in [-0.2, 0) is 40.9 Å². The second-order valence-corrected chi connectivity index (χ2v) is 2.08. The van der Waals surface area contributed by atoms with Crippen molar-refractivity contribution in [2.45, 2.75) is 27.7 Å². The van der Waals surface area contributed by atoms with E-state index in [1.807, 2.05) is 0 Å². The molecule has 0 spiro atoms. The quantitative estimate of drug-likeness (QED) is 0.467. The van der Waals surface area contributed by atoms with Crippen LogP contribution in [0.15, 0.2) is 0 Å². The van der Waals surface area contributed by atoms with Crippen LogP contribution in [0.4, 0.5) is 0 Å². The van der Waals surface area contributed by atoms with Crippen molar-refractivity contribution in [2.24, 2.45) is 0 Å². The van der Waals surface area contributed by atoms with Crippen LogP contribution in [0, 0.1) is 0 Å². The number of rotatable bonds is 0. The maximum Gasteiger partial charge on any atom is 0.300 e. The molecule has 0 fully saturated rings. The molecule has 0 saturated carbocycles. The molecule has 0 radical (unpaired) electrons. The summed E-state index contributed by atoms with van der Waals surface area (Å²) >= 11 is 0. The maximum absolute atomic E-state index is 9.00. The van der Waals surface area contributed by atoms with Gasteiger partial charge in [0.25, 0.3) is 23.9 Å². The molecule has 0 aliphatic heterocycles. The first-order chi connectivity index (χ1) is 6.93. The van der Waals surface area contributed by atoms with Gasteiger partial charge in [-0.25, -0.2) is 0 Å². The third-order valence-electron chi connectivity index (χ3n) is 0. The van der Waals surface area contributed by atoms with E-state index in [-0.39, 0.29) is 21.7 Å². The van der Waals surface area contributed by atoms with Gasteiger partial charge in [0.05, 0.1) is 0 Å². The molecule has 0 atom stereocenters. The zero-order chi connectivity index (χ0) is 14.3. The van der Waals surface area contributed by atoms with Crippen LogP contribution in [0.2, 0.25) is 0 Å². The van der Waals surface area contributed by atoms with Crippen molar-refractivity contribution in [3.8, 4) is 0 Å². The molecule has 0 aliphatic rings. The van der Waals surface area contributed by atoms with Crippen LogP contribution < -0.4 is 0 Å². The Bertz CT molecular complexity index is 162. The van der Waals surface area contributed by atoms with Crippen molar-refractivity contribution in [1.82, 2.24) is 0 Å². The predicted molar refractivity (Wildman–Crippen MR) is 53.2 cm³/mol. The number of hydrogen-bond donors (Lipinski definition) is 4. The van der Waals surface area contributed by atoms with Gasteiger partial charge in [0.2, 0.25) is 0 Å². The average molecular weight is 288 g/mol. The van der Waals surface area contributed by atoms with E-state index >= 15 is 0 Å². The minimum absolute atomic E-state index is 0. The Labute approximate surface area is 113 Å². The molecule has 0 aliphatic carbocycles. The maximum atomic E-state index is 9.00. The summed E-state index contributed by atoms with van der Waals surface area (Å²) in [6, 6.07) is 0. The van der Waals surface area contributed by atoms with Crippen molar-refractivity contribution in [3.05, 3.63) is 0 Å². The summed E-state index contributed by atoms with van der Waals surface area (Å²) < 4.78 is 0. The Balaban J connectivity index is -0.0000000369. The van der Waals surface area contributed by atoms with Gasteiger partial charge in [0.15, 0.2) is 0 Å². The zero-order valence-corrected chi connectivity index (χ0v) is 11.5. The molecule has 0 aromatic carbocycles. The summed E-state index contributed by atoms with van der Waals surface area (Å²) in [5.74, 6) is -3.33. The SMILES string of the molecule is CC(=O)O.CC(=O)O.CC(=O)O.CC(=O)O.[Ti]. The number of carbonyl (C=O) groups is 4. The second-order valence-electron chi connectivity index (χ2n) is 2.08. The summed E-state index contributed by atoms with van der Waals surface area (Å²) in [6.45, 7) is 4.33. The number of hydrogen-bond acceptors (Lipinski definition) is 4. The van der Waals surface area contributed by atoms with Crippen LogP contribution >= 0.6 is 0 Å². The molecule has 8 nitrogen and oxygen atoms in total. The van der Waals surface area contributed by atoms with Crippen molar-refractivity contribution in [1.29, 1.82) is 0 Å². The first-order valence-corrected chi connectivity index (χ1v) is 3.71. The smallest absolute Gasteiger partial charge is 0.300 e. The average Bonchev–Trinajstić information content (AvgIpc) is 1.76. The van der Waals surface area contributed by atoms with E-state index in [1.165, 1.54) is 0 Å². The van der Waals surface area contributed by atoms with Gasteiger partial charge in [-0.15, -0.1) is 0 Å². The van der Waals surface area contributed by atoms with E-state index in [1.54, 1.807) is 0 Å². The van der Waals surface area contributed by atoms with E-state index in [0.717, 1.165) is 27.7 Å². The van der Waals surface area contributed by atoms with Crippen molar-refractivity contribution >= 4 is 23.9 Å². The Morgan fingerprint density at radius 3 is 0.529 bits per heavy atom. The molecule has 0 rings (SSSR count). The zero-order valence-electron chi connectivity index (χ0n) is 9.92. The van der Waals surface area contributed by atoms with Crippen molar-refractivity contribution in [2.75, 3.05) is 0 Å². The van der Waals surface area contributed by atoms with Gasteiger partial charge in [0, 0.05) is 49.4 Å². The van der Waals surface area contributed by atoms with E-state index in [0.29, 0.717) is 0 Å². The summed E-state index contributed by atoms with van der Waals surface area (Å²) in [7, 11) is 0. The number of carboxylic acid groups (broad SMARTS) is 4. The molecule has 0 bridgehead atoms. The Morgan fingerprint density at radius 1 is 0.529 bits per heavy atom. The van der Waals surface area contributed by atoms with Gasteiger partial charge in [-0.1, -0.05) is 0 Å². The van der Waals surface area contributed by atoms with E-state index in [4.69, 9.17) is 39.6 Å². The molecule has 0 saturated heterocycles. The van der Waals surface area contributed by atoms with Gasteiger partial charge in [-0.05, 0) is 0 Å². The minimum Gasteiger partial charge on any atom is -0.481 e. The largest absolute Gasteiger partial charge is 0.481 e. The standard InChI is InChI=1S/4C2H4O2.Ti/c4*1-2(3)4;/h4*1H3,(H,3,4);. The molecular weight excluding hydrogens is 272 g/mol. The van der Waals surface area contributed by atoms with Gasteiger partial charge in [0.1, 0.15) is 0 Å².